The first-order valence-corrected chi connectivity index (χ1v) is 3.88. The van der Waals surface area contributed by atoms with E-state index >= 15 is 0 Å². The third kappa shape index (κ3) is 4.41. The smallest absolute Gasteiger partial charge is 0.0468 e. The zero-order valence-electron chi connectivity index (χ0n) is 6.39. The quantitative estimate of drug-likeness (QED) is 0.571. The summed E-state index contributed by atoms with van der Waals surface area (Å²) >= 11 is 0. The van der Waals surface area contributed by atoms with Gasteiger partial charge in [-0.15, -0.1) is 0 Å². The van der Waals surface area contributed by atoms with Crippen molar-refractivity contribution in [3.05, 3.63) is 0 Å². The molecule has 0 amide bonds. The van der Waals surface area contributed by atoms with Gasteiger partial charge in [0.2, 0.25) is 0 Å². The minimum absolute atomic E-state index is 0. The highest BCUT2D eigenvalue weighted by Gasteiger charge is 2.16. The first-order chi connectivity index (χ1) is 4.30. The maximum Gasteiger partial charge on any atom is 0.0468 e. The van der Waals surface area contributed by atoms with Gasteiger partial charge in [0.15, 0.2) is 0 Å². The molecule has 1 rings (SSSR count). The molecule has 0 saturated carbocycles. The van der Waals surface area contributed by atoms with Gasteiger partial charge in [-0.1, -0.05) is 28.7 Å². The summed E-state index contributed by atoms with van der Waals surface area (Å²) in [6, 6.07) is 0. The van der Waals surface area contributed by atoms with Gasteiger partial charge in [0.1, 0.15) is 0 Å². The summed E-state index contributed by atoms with van der Waals surface area (Å²) in [7, 11) is 0. The fraction of sp³-hybridized carbons (Fsp3) is 1.00. The van der Waals surface area contributed by atoms with E-state index < -0.39 is 0 Å². The molecule has 11 heavy (non-hydrogen) atoms. The van der Waals surface area contributed by atoms with Gasteiger partial charge in [-0.05, 0) is 24.7 Å². The molecule has 0 unspecified atom stereocenters. The topological polar surface area (TPSA) is 9.23 Å². The van der Waals surface area contributed by atoms with Crippen LogP contribution in [0.4, 0.5) is 0 Å². The van der Waals surface area contributed by atoms with Crippen molar-refractivity contribution in [1.29, 1.82) is 0 Å². The van der Waals surface area contributed by atoms with E-state index in [0.717, 1.165) is 25.0 Å². The Hall–Kier alpha value is -0.0400. The van der Waals surface area contributed by atoms with Crippen LogP contribution in [-0.4, -0.2) is 13.2 Å². The predicted molar refractivity (Wildman–Crippen MR) is 51.8 cm³/mol. The van der Waals surface area contributed by atoms with Crippen molar-refractivity contribution in [3.63, 3.8) is 0 Å². The molecule has 1 heterocycles. The highest BCUT2D eigenvalue weighted by atomic mass is 16.5. The second kappa shape index (κ2) is 6.66. The highest BCUT2D eigenvalue weighted by Crippen LogP contribution is 2.22. The molecule has 1 fully saturated rings. The van der Waals surface area contributed by atoms with Crippen LogP contribution in [0.1, 0.15) is 41.5 Å². The van der Waals surface area contributed by atoms with Crippen LogP contribution < -0.4 is 0 Å². The lowest BCUT2D eigenvalue weighted by Crippen LogP contribution is -2.19. The molecule has 0 bridgehead atoms. The fourth-order valence-electron chi connectivity index (χ4n) is 1.38. The Morgan fingerprint density at radius 3 is 1.82 bits per heavy atom. The van der Waals surface area contributed by atoms with E-state index in [-0.39, 0.29) is 14.9 Å². The number of rotatable bonds is 1. The zero-order valence-corrected chi connectivity index (χ0v) is 6.39. The molecule has 0 N–H and O–H groups in total. The lowest BCUT2D eigenvalue weighted by atomic mass is 9.89. The average Bonchev–Trinajstić information content (AvgIpc) is 1.90. The second-order valence-electron chi connectivity index (χ2n) is 3.19. The maximum atomic E-state index is 5.25. The molecule has 0 atom stereocenters. The Labute approximate surface area is 72.1 Å². The first kappa shape index (κ1) is 13.5. The molecule has 70 valence electrons. The molecule has 0 aliphatic carbocycles. The normalized spacial score (nSPS) is 18.8. The SMILES string of the molecule is C.C.CC(C)C1CCOCC1. The Morgan fingerprint density at radius 2 is 1.55 bits per heavy atom. The van der Waals surface area contributed by atoms with Crippen LogP contribution >= 0.6 is 0 Å². The largest absolute Gasteiger partial charge is 0.381 e. The van der Waals surface area contributed by atoms with E-state index in [1.807, 2.05) is 0 Å². The Bertz CT molecular complexity index is 72.9. The van der Waals surface area contributed by atoms with Crippen LogP contribution in [0.15, 0.2) is 0 Å². The van der Waals surface area contributed by atoms with Crippen molar-refractivity contribution >= 4 is 0 Å². The summed E-state index contributed by atoms with van der Waals surface area (Å²) in [5, 5.41) is 0. The van der Waals surface area contributed by atoms with Gasteiger partial charge in [0.25, 0.3) is 0 Å². The van der Waals surface area contributed by atoms with Crippen molar-refractivity contribution in [2.45, 2.75) is 41.5 Å². The van der Waals surface area contributed by atoms with Crippen molar-refractivity contribution < 1.29 is 4.74 Å². The number of ether oxygens (including phenoxy) is 1. The van der Waals surface area contributed by atoms with Crippen LogP contribution in [-0.2, 0) is 4.74 Å². The molecule has 0 aromatic heterocycles. The van der Waals surface area contributed by atoms with Crippen molar-refractivity contribution in [1.82, 2.24) is 0 Å². The Morgan fingerprint density at radius 1 is 1.09 bits per heavy atom. The fourth-order valence-corrected chi connectivity index (χ4v) is 1.38. The van der Waals surface area contributed by atoms with E-state index in [1.165, 1.54) is 12.8 Å². The van der Waals surface area contributed by atoms with Crippen molar-refractivity contribution in [3.8, 4) is 0 Å². The van der Waals surface area contributed by atoms with Gasteiger partial charge in [0.05, 0.1) is 0 Å². The van der Waals surface area contributed by atoms with Crippen LogP contribution in [0.25, 0.3) is 0 Å². The molecule has 1 nitrogen and oxygen atoms in total. The third-order valence-electron chi connectivity index (χ3n) is 2.21. The standard InChI is InChI=1S/C8H16O.2CH4/c1-7(2)8-3-5-9-6-4-8;;/h7-8H,3-6H2,1-2H3;2*1H4. The third-order valence-corrected chi connectivity index (χ3v) is 2.21. The summed E-state index contributed by atoms with van der Waals surface area (Å²) in [4.78, 5) is 0. The van der Waals surface area contributed by atoms with Crippen LogP contribution in [0.3, 0.4) is 0 Å². The first-order valence-electron chi connectivity index (χ1n) is 3.88. The molecule has 0 aromatic rings. The van der Waals surface area contributed by atoms with E-state index in [4.69, 9.17) is 4.74 Å². The van der Waals surface area contributed by atoms with Gasteiger partial charge in [-0.2, -0.15) is 0 Å². The lowest BCUT2D eigenvalue weighted by Gasteiger charge is -2.24. The molecule has 1 heteroatoms. The highest BCUT2D eigenvalue weighted by molar-refractivity contribution is 4.65. The van der Waals surface area contributed by atoms with Crippen molar-refractivity contribution in [2.24, 2.45) is 11.8 Å². The van der Waals surface area contributed by atoms with E-state index in [9.17, 15) is 0 Å². The number of hydrogen-bond acceptors (Lipinski definition) is 1. The monoisotopic (exact) mass is 160 g/mol. The van der Waals surface area contributed by atoms with E-state index in [1.54, 1.807) is 0 Å². The van der Waals surface area contributed by atoms with Gasteiger partial charge in [0, 0.05) is 13.2 Å². The molecule has 1 aliphatic rings. The average molecular weight is 160 g/mol. The van der Waals surface area contributed by atoms with Crippen molar-refractivity contribution in [2.75, 3.05) is 13.2 Å². The minimum atomic E-state index is 0. The molecule has 0 spiro atoms. The van der Waals surface area contributed by atoms with Gasteiger partial charge in [-0.25, -0.2) is 0 Å². The van der Waals surface area contributed by atoms with Crippen LogP contribution in [0.5, 0.6) is 0 Å². The van der Waals surface area contributed by atoms with Gasteiger partial charge < -0.3 is 4.74 Å². The van der Waals surface area contributed by atoms with E-state index in [0.29, 0.717) is 0 Å². The van der Waals surface area contributed by atoms with Gasteiger partial charge >= 0.3 is 0 Å². The molecule has 0 aromatic carbocycles. The summed E-state index contributed by atoms with van der Waals surface area (Å²) < 4.78 is 5.25. The van der Waals surface area contributed by atoms with Crippen LogP contribution in [0.2, 0.25) is 0 Å². The molecule has 1 aliphatic heterocycles. The Kier molecular flexibility index (Phi) is 8.20. The summed E-state index contributed by atoms with van der Waals surface area (Å²) in [6.07, 6.45) is 2.55. The number of hydrogen-bond donors (Lipinski definition) is 0. The molecular weight excluding hydrogens is 136 g/mol. The van der Waals surface area contributed by atoms with E-state index in [2.05, 4.69) is 13.8 Å². The van der Waals surface area contributed by atoms with Gasteiger partial charge in [-0.3, -0.25) is 0 Å². The molecule has 0 radical (unpaired) electrons. The van der Waals surface area contributed by atoms with Crippen LogP contribution in [0, 0.1) is 11.8 Å². The predicted octanol–water partition coefficient (Wildman–Crippen LogP) is 3.34. The molecular formula is C10H24O. The maximum absolute atomic E-state index is 5.25. The minimum Gasteiger partial charge on any atom is -0.381 e. The summed E-state index contributed by atoms with van der Waals surface area (Å²) in [5.74, 6) is 1.78. The zero-order chi connectivity index (χ0) is 6.69. The second-order valence-corrected chi connectivity index (χ2v) is 3.19. The summed E-state index contributed by atoms with van der Waals surface area (Å²) in [5.41, 5.74) is 0. The lowest BCUT2D eigenvalue weighted by molar-refractivity contribution is 0.0523. The molecule has 1 saturated heterocycles. The Balaban J connectivity index is 0. The summed E-state index contributed by atoms with van der Waals surface area (Å²) in [6.45, 7) is 6.58.